The Labute approximate surface area is 168 Å². The van der Waals surface area contributed by atoms with Crippen LogP contribution in [0.25, 0.3) is 0 Å². The van der Waals surface area contributed by atoms with Crippen molar-refractivity contribution in [1.82, 2.24) is 4.72 Å². The molecule has 0 unspecified atom stereocenters. The first-order valence-electron chi connectivity index (χ1n) is 8.15. The molecule has 1 amide bonds. The fraction of sp³-hybridized carbons (Fsp3) is 0.278. The molecular weight excluding hydrogens is 411 g/mol. The van der Waals surface area contributed by atoms with E-state index in [0.717, 1.165) is 0 Å². The van der Waals surface area contributed by atoms with Crippen LogP contribution in [0.15, 0.2) is 47.4 Å². The highest BCUT2D eigenvalue weighted by molar-refractivity contribution is 7.89. The van der Waals surface area contributed by atoms with E-state index in [-0.39, 0.29) is 23.3 Å². The molecule has 0 aliphatic heterocycles. The van der Waals surface area contributed by atoms with E-state index in [2.05, 4.69) is 10.0 Å². The van der Waals surface area contributed by atoms with Crippen LogP contribution in [0.1, 0.15) is 13.8 Å². The number of hydrogen-bond donors (Lipinski definition) is 2. The summed E-state index contributed by atoms with van der Waals surface area (Å²) in [5, 5.41) is 3.35. The van der Waals surface area contributed by atoms with Crippen LogP contribution in [0.4, 0.5) is 5.69 Å². The lowest BCUT2D eigenvalue weighted by Crippen LogP contribution is -2.27. The molecule has 0 heterocycles. The Hall–Kier alpha value is -1.80. The molecule has 0 fully saturated rings. The molecule has 2 aromatic carbocycles. The Bertz CT molecular complexity index is 900. The lowest BCUT2D eigenvalue weighted by molar-refractivity contribution is -0.118. The minimum Gasteiger partial charge on any atom is -0.484 e. The fourth-order valence-corrected chi connectivity index (χ4v) is 3.51. The van der Waals surface area contributed by atoms with Gasteiger partial charge in [-0.1, -0.05) is 37.0 Å². The van der Waals surface area contributed by atoms with Crippen molar-refractivity contribution in [3.05, 3.63) is 52.5 Å². The third-order valence-electron chi connectivity index (χ3n) is 3.39. The Morgan fingerprint density at radius 3 is 2.33 bits per heavy atom. The Morgan fingerprint density at radius 1 is 1.07 bits per heavy atom. The van der Waals surface area contributed by atoms with Gasteiger partial charge >= 0.3 is 0 Å². The van der Waals surface area contributed by atoms with Crippen LogP contribution in [0, 0.1) is 5.92 Å². The number of carbonyl (C=O) groups excluding carboxylic acids is 1. The molecule has 0 aromatic heterocycles. The summed E-state index contributed by atoms with van der Waals surface area (Å²) in [5.41, 5.74) is 0.496. The second-order valence-corrected chi connectivity index (χ2v) is 8.76. The number of ether oxygens (including phenoxy) is 1. The summed E-state index contributed by atoms with van der Waals surface area (Å²) in [7, 11) is -3.56. The highest BCUT2D eigenvalue weighted by Crippen LogP contribution is 2.25. The van der Waals surface area contributed by atoms with Gasteiger partial charge in [0.2, 0.25) is 10.0 Å². The fourth-order valence-electron chi connectivity index (χ4n) is 1.99. The van der Waals surface area contributed by atoms with Gasteiger partial charge in [-0.25, -0.2) is 13.1 Å². The number of rotatable bonds is 8. The molecule has 0 aliphatic rings. The van der Waals surface area contributed by atoms with Crippen molar-refractivity contribution in [3.63, 3.8) is 0 Å². The maximum atomic E-state index is 12.1. The highest BCUT2D eigenvalue weighted by atomic mass is 35.5. The molecule has 27 heavy (non-hydrogen) atoms. The lowest BCUT2D eigenvalue weighted by Gasteiger charge is -2.10. The van der Waals surface area contributed by atoms with Gasteiger partial charge in [0.1, 0.15) is 5.75 Å². The van der Waals surface area contributed by atoms with E-state index in [1.165, 1.54) is 30.3 Å². The lowest BCUT2D eigenvalue weighted by atomic mass is 10.2. The zero-order valence-electron chi connectivity index (χ0n) is 14.8. The third kappa shape index (κ3) is 6.70. The van der Waals surface area contributed by atoms with Crippen molar-refractivity contribution in [2.45, 2.75) is 18.7 Å². The molecule has 2 aromatic rings. The second-order valence-electron chi connectivity index (χ2n) is 6.18. The largest absolute Gasteiger partial charge is 0.484 e. The van der Waals surface area contributed by atoms with Crippen molar-refractivity contribution in [3.8, 4) is 5.75 Å². The first-order chi connectivity index (χ1) is 12.7. The molecule has 0 bridgehead atoms. The maximum Gasteiger partial charge on any atom is 0.262 e. The number of carbonyl (C=O) groups is 1. The molecule has 2 rings (SSSR count). The summed E-state index contributed by atoms with van der Waals surface area (Å²) in [6, 6.07) is 10.6. The van der Waals surface area contributed by atoms with E-state index in [1.807, 2.05) is 13.8 Å². The zero-order valence-corrected chi connectivity index (χ0v) is 17.2. The molecule has 2 N–H and O–H groups in total. The average molecular weight is 431 g/mol. The Kier molecular flexibility index (Phi) is 7.49. The molecule has 6 nitrogen and oxygen atoms in total. The van der Waals surface area contributed by atoms with E-state index in [1.54, 1.807) is 12.1 Å². The molecule has 0 radical (unpaired) electrons. The van der Waals surface area contributed by atoms with Crippen molar-refractivity contribution in [2.75, 3.05) is 18.5 Å². The molecule has 0 saturated heterocycles. The highest BCUT2D eigenvalue weighted by Gasteiger charge is 2.14. The van der Waals surface area contributed by atoms with Crippen molar-refractivity contribution in [2.24, 2.45) is 5.92 Å². The van der Waals surface area contributed by atoms with Crippen LogP contribution in [0.3, 0.4) is 0 Å². The van der Waals surface area contributed by atoms with Crippen molar-refractivity contribution in [1.29, 1.82) is 0 Å². The summed E-state index contributed by atoms with van der Waals surface area (Å²) in [6.45, 7) is 3.96. The summed E-state index contributed by atoms with van der Waals surface area (Å²) < 4.78 is 32.2. The molecule has 9 heteroatoms. The molecule has 146 valence electrons. The van der Waals surface area contributed by atoms with Gasteiger partial charge in [0.05, 0.1) is 14.9 Å². The van der Waals surface area contributed by atoms with Gasteiger partial charge in [-0.15, -0.1) is 0 Å². The average Bonchev–Trinajstić information content (AvgIpc) is 2.62. The predicted octanol–water partition coefficient (Wildman–Crippen LogP) is 3.95. The van der Waals surface area contributed by atoms with E-state index in [4.69, 9.17) is 27.9 Å². The number of halogens is 2. The van der Waals surface area contributed by atoms with Gasteiger partial charge in [-0.05, 0) is 48.4 Å². The number of sulfonamides is 1. The van der Waals surface area contributed by atoms with Crippen molar-refractivity contribution >= 4 is 44.8 Å². The van der Waals surface area contributed by atoms with Gasteiger partial charge in [0.15, 0.2) is 6.61 Å². The van der Waals surface area contributed by atoms with Crippen LogP contribution >= 0.6 is 23.2 Å². The maximum absolute atomic E-state index is 12.1. The SMILES string of the molecule is CC(C)CNS(=O)(=O)c1ccc(OCC(=O)Nc2ccc(Cl)c(Cl)c2)cc1. The van der Waals surface area contributed by atoms with E-state index in [0.29, 0.717) is 28.0 Å². The van der Waals surface area contributed by atoms with Crippen LogP contribution in [-0.4, -0.2) is 27.5 Å². The summed E-state index contributed by atoms with van der Waals surface area (Å²) in [4.78, 5) is 12.1. The monoisotopic (exact) mass is 430 g/mol. The number of amides is 1. The minimum absolute atomic E-state index is 0.135. The summed E-state index contributed by atoms with van der Waals surface area (Å²) in [5.74, 6) is 0.196. The first-order valence-corrected chi connectivity index (χ1v) is 10.4. The first kappa shape index (κ1) is 21.5. The quantitative estimate of drug-likeness (QED) is 0.663. The van der Waals surface area contributed by atoms with Gasteiger partial charge in [-0.2, -0.15) is 0 Å². The van der Waals surface area contributed by atoms with Crippen LogP contribution in [0.2, 0.25) is 10.0 Å². The summed E-state index contributed by atoms with van der Waals surface area (Å²) >= 11 is 11.7. The van der Waals surface area contributed by atoms with E-state index in [9.17, 15) is 13.2 Å². The normalized spacial score (nSPS) is 11.4. The molecular formula is C18H20Cl2N2O4S. The Balaban J connectivity index is 1.90. The Morgan fingerprint density at radius 2 is 1.74 bits per heavy atom. The van der Waals surface area contributed by atoms with E-state index >= 15 is 0 Å². The number of nitrogens with one attached hydrogen (secondary N) is 2. The van der Waals surface area contributed by atoms with Crippen LogP contribution in [0.5, 0.6) is 5.75 Å². The van der Waals surface area contributed by atoms with Crippen molar-refractivity contribution < 1.29 is 17.9 Å². The van der Waals surface area contributed by atoms with Gasteiger partial charge < -0.3 is 10.1 Å². The smallest absolute Gasteiger partial charge is 0.262 e. The molecule has 0 spiro atoms. The van der Waals surface area contributed by atoms with Gasteiger partial charge in [0, 0.05) is 12.2 Å². The number of hydrogen-bond acceptors (Lipinski definition) is 4. The molecule has 0 atom stereocenters. The zero-order chi connectivity index (χ0) is 20.0. The minimum atomic E-state index is -3.56. The van der Waals surface area contributed by atoms with E-state index < -0.39 is 10.0 Å². The summed E-state index contributed by atoms with van der Waals surface area (Å²) in [6.07, 6.45) is 0. The van der Waals surface area contributed by atoms with Crippen LogP contribution < -0.4 is 14.8 Å². The standard InChI is InChI=1S/C18H20Cl2N2O4S/c1-12(2)10-21-27(24,25)15-6-4-14(5-7-15)26-11-18(23)22-13-3-8-16(19)17(20)9-13/h3-9,12,21H,10-11H2,1-2H3,(H,22,23). The molecule has 0 aliphatic carbocycles. The van der Waals surface area contributed by atoms with Crippen LogP contribution in [-0.2, 0) is 14.8 Å². The number of anilines is 1. The second kappa shape index (κ2) is 9.41. The molecule has 0 saturated carbocycles. The van der Waals surface area contributed by atoms with Gasteiger partial charge in [0.25, 0.3) is 5.91 Å². The third-order valence-corrected chi connectivity index (χ3v) is 5.57. The predicted molar refractivity (Wildman–Crippen MR) is 107 cm³/mol. The topological polar surface area (TPSA) is 84.5 Å². The number of benzene rings is 2. The van der Waals surface area contributed by atoms with Gasteiger partial charge in [-0.3, -0.25) is 4.79 Å².